The number of carbonyl (C=O) groups excluding carboxylic acids is 1. The minimum absolute atomic E-state index is 0.0791. The molecule has 0 aliphatic rings. The third-order valence-electron chi connectivity index (χ3n) is 1.42. The molecule has 14 heavy (non-hydrogen) atoms. The molecule has 76 valence electrons. The molecule has 1 amide bonds. The van der Waals surface area contributed by atoms with E-state index >= 15 is 0 Å². The van der Waals surface area contributed by atoms with Crippen LogP contribution in [0.1, 0.15) is 18.7 Å². The number of thiophene rings is 1. The lowest BCUT2D eigenvalue weighted by atomic mass is 10.3. The van der Waals surface area contributed by atoms with Gasteiger partial charge in [0, 0.05) is 17.0 Å². The molecule has 1 N–H and O–H groups in total. The van der Waals surface area contributed by atoms with Crippen LogP contribution in [0.15, 0.2) is 18.2 Å². The van der Waals surface area contributed by atoms with Crippen LogP contribution in [-0.4, -0.2) is 11.9 Å². The molecule has 0 unspecified atom stereocenters. The minimum atomic E-state index is -0.0791. The van der Waals surface area contributed by atoms with Crippen molar-refractivity contribution in [2.45, 2.75) is 19.9 Å². The third-order valence-corrected chi connectivity index (χ3v) is 2.62. The molecule has 0 saturated carbocycles. The highest BCUT2D eigenvalue weighted by Crippen LogP contribution is 2.22. The fourth-order valence-corrected chi connectivity index (χ4v) is 1.87. The summed E-state index contributed by atoms with van der Waals surface area (Å²) in [7, 11) is 0. The van der Waals surface area contributed by atoms with Crippen molar-refractivity contribution in [2.75, 3.05) is 0 Å². The van der Waals surface area contributed by atoms with Gasteiger partial charge in [-0.1, -0.05) is 11.6 Å². The SMILES string of the molecule is CC(C)NC(=O)/C=C/c1ccc(Cl)s1. The second-order valence-electron chi connectivity index (χ2n) is 3.14. The molecule has 1 rings (SSSR count). The summed E-state index contributed by atoms with van der Waals surface area (Å²) in [4.78, 5) is 12.2. The zero-order valence-corrected chi connectivity index (χ0v) is 9.65. The maximum absolute atomic E-state index is 11.2. The van der Waals surface area contributed by atoms with Crippen LogP contribution in [0.4, 0.5) is 0 Å². The number of carbonyl (C=O) groups is 1. The smallest absolute Gasteiger partial charge is 0.244 e. The summed E-state index contributed by atoms with van der Waals surface area (Å²) in [6.07, 6.45) is 3.27. The Kier molecular flexibility index (Phi) is 4.17. The summed E-state index contributed by atoms with van der Waals surface area (Å²) >= 11 is 7.19. The third kappa shape index (κ3) is 3.94. The summed E-state index contributed by atoms with van der Waals surface area (Å²) in [6, 6.07) is 3.86. The van der Waals surface area contributed by atoms with Gasteiger partial charge in [-0.25, -0.2) is 0 Å². The van der Waals surface area contributed by atoms with E-state index in [0.29, 0.717) is 0 Å². The van der Waals surface area contributed by atoms with Crippen LogP contribution in [0.3, 0.4) is 0 Å². The molecule has 0 spiro atoms. The second-order valence-corrected chi connectivity index (χ2v) is 4.89. The Hall–Kier alpha value is -0.800. The number of halogens is 1. The highest BCUT2D eigenvalue weighted by atomic mass is 35.5. The summed E-state index contributed by atoms with van der Waals surface area (Å²) < 4.78 is 0.730. The minimum Gasteiger partial charge on any atom is -0.350 e. The van der Waals surface area contributed by atoms with Gasteiger partial charge in [-0.3, -0.25) is 4.79 Å². The van der Waals surface area contributed by atoms with E-state index in [2.05, 4.69) is 5.32 Å². The molecule has 1 aromatic rings. The summed E-state index contributed by atoms with van der Waals surface area (Å²) in [5, 5.41) is 2.77. The summed E-state index contributed by atoms with van der Waals surface area (Å²) in [5.74, 6) is -0.0791. The van der Waals surface area contributed by atoms with Crippen LogP contribution in [0.2, 0.25) is 4.34 Å². The van der Waals surface area contributed by atoms with Gasteiger partial charge in [-0.2, -0.15) is 0 Å². The van der Waals surface area contributed by atoms with Gasteiger partial charge in [0.15, 0.2) is 0 Å². The van der Waals surface area contributed by atoms with Crippen molar-refractivity contribution >= 4 is 34.9 Å². The Morgan fingerprint density at radius 3 is 2.79 bits per heavy atom. The highest BCUT2D eigenvalue weighted by molar-refractivity contribution is 7.17. The normalized spacial score (nSPS) is 11.1. The number of hydrogen-bond acceptors (Lipinski definition) is 2. The van der Waals surface area contributed by atoms with Crippen molar-refractivity contribution in [3.8, 4) is 0 Å². The summed E-state index contributed by atoms with van der Waals surface area (Å²) in [5.41, 5.74) is 0. The van der Waals surface area contributed by atoms with Crippen LogP contribution < -0.4 is 5.32 Å². The van der Waals surface area contributed by atoms with Crippen LogP contribution in [-0.2, 0) is 4.79 Å². The predicted octanol–water partition coefficient (Wildman–Crippen LogP) is 2.94. The van der Waals surface area contributed by atoms with E-state index < -0.39 is 0 Å². The zero-order chi connectivity index (χ0) is 10.6. The number of nitrogens with one attached hydrogen (secondary N) is 1. The van der Waals surface area contributed by atoms with Crippen molar-refractivity contribution in [1.82, 2.24) is 5.32 Å². The monoisotopic (exact) mass is 229 g/mol. The first-order valence-corrected chi connectivity index (χ1v) is 5.51. The maximum Gasteiger partial charge on any atom is 0.244 e. The zero-order valence-electron chi connectivity index (χ0n) is 8.08. The van der Waals surface area contributed by atoms with Crippen molar-refractivity contribution in [1.29, 1.82) is 0 Å². The molecule has 4 heteroatoms. The first-order valence-electron chi connectivity index (χ1n) is 4.32. The topological polar surface area (TPSA) is 29.1 Å². The largest absolute Gasteiger partial charge is 0.350 e. The average Bonchev–Trinajstić information content (AvgIpc) is 2.47. The van der Waals surface area contributed by atoms with E-state index in [1.54, 1.807) is 6.08 Å². The Bertz CT molecular complexity index is 344. The number of rotatable bonds is 3. The van der Waals surface area contributed by atoms with E-state index in [1.165, 1.54) is 17.4 Å². The second kappa shape index (κ2) is 5.17. The molecule has 0 aliphatic heterocycles. The number of hydrogen-bond donors (Lipinski definition) is 1. The Morgan fingerprint density at radius 1 is 1.57 bits per heavy atom. The molecule has 0 radical (unpaired) electrons. The van der Waals surface area contributed by atoms with Crippen molar-refractivity contribution in [3.63, 3.8) is 0 Å². The standard InChI is InChI=1S/C10H12ClNOS/c1-7(2)12-10(13)6-4-8-3-5-9(11)14-8/h3-7H,1-2H3,(H,12,13)/b6-4+. The first-order chi connectivity index (χ1) is 6.58. The van der Waals surface area contributed by atoms with Crippen LogP contribution in [0.5, 0.6) is 0 Å². The van der Waals surface area contributed by atoms with Crippen LogP contribution in [0.25, 0.3) is 6.08 Å². The Morgan fingerprint density at radius 2 is 2.29 bits per heavy atom. The molecule has 0 atom stereocenters. The molecule has 0 aliphatic carbocycles. The van der Waals surface area contributed by atoms with Crippen LogP contribution >= 0.6 is 22.9 Å². The van der Waals surface area contributed by atoms with Gasteiger partial charge in [0.1, 0.15) is 0 Å². The van der Waals surface area contributed by atoms with Gasteiger partial charge in [-0.15, -0.1) is 11.3 Å². The molecule has 0 aromatic carbocycles. The lowest BCUT2D eigenvalue weighted by molar-refractivity contribution is -0.116. The first kappa shape index (κ1) is 11.3. The fourth-order valence-electron chi connectivity index (χ4n) is 0.908. The van der Waals surface area contributed by atoms with E-state index in [0.717, 1.165) is 9.21 Å². The van der Waals surface area contributed by atoms with Gasteiger partial charge in [0.05, 0.1) is 4.34 Å². The summed E-state index contributed by atoms with van der Waals surface area (Å²) in [6.45, 7) is 3.85. The van der Waals surface area contributed by atoms with Crippen molar-refractivity contribution in [3.05, 3.63) is 27.4 Å². The molecule has 0 bridgehead atoms. The number of amides is 1. The molecular weight excluding hydrogens is 218 g/mol. The lowest BCUT2D eigenvalue weighted by Gasteiger charge is -2.03. The van der Waals surface area contributed by atoms with Gasteiger partial charge >= 0.3 is 0 Å². The van der Waals surface area contributed by atoms with Crippen molar-refractivity contribution in [2.24, 2.45) is 0 Å². The highest BCUT2D eigenvalue weighted by Gasteiger charge is 1.98. The van der Waals surface area contributed by atoms with E-state index in [9.17, 15) is 4.79 Å². The maximum atomic E-state index is 11.2. The van der Waals surface area contributed by atoms with E-state index in [1.807, 2.05) is 26.0 Å². The fraction of sp³-hybridized carbons (Fsp3) is 0.300. The molecule has 1 heterocycles. The molecule has 2 nitrogen and oxygen atoms in total. The quantitative estimate of drug-likeness (QED) is 0.794. The average molecular weight is 230 g/mol. The van der Waals surface area contributed by atoms with Crippen molar-refractivity contribution < 1.29 is 4.79 Å². The predicted molar refractivity (Wildman–Crippen MR) is 61.6 cm³/mol. The van der Waals surface area contributed by atoms with Gasteiger partial charge in [0.2, 0.25) is 5.91 Å². The lowest BCUT2D eigenvalue weighted by Crippen LogP contribution is -2.28. The Labute approximate surface area is 92.6 Å². The molecular formula is C10H12ClNOS. The molecule has 0 saturated heterocycles. The van der Waals surface area contributed by atoms with Gasteiger partial charge < -0.3 is 5.32 Å². The Balaban J connectivity index is 2.51. The van der Waals surface area contributed by atoms with Gasteiger partial charge in [-0.05, 0) is 32.1 Å². The van der Waals surface area contributed by atoms with E-state index in [4.69, 9.17) is 11.6 Å². The molecule has 1 aromatic heterocycles. The van der Waals surface area contributed by atoms with Crippen LogP contribution in [0, 0.1) is 0 Å². The van der Waals surface area contributed by atoms with E-state index in [-0.39, 0.29) is 11.9 Å². The van der Waals surface area contributed by atoms with Gasteiger partial charge in [0.25, 0.3) is 0 Å². The molecule has 0 fully saturated rings.